The van der Waals surface area contributed by atoms with Gasteiger partial charge in [0.1, 0.15) is 12.7 Å². The topological polar surface area (TPSA) is 155 Å². The number of aliphatic hydroxyl groups excluding tert-OH is 1. The molecule has 0 saturated carbocycles. The molecule has 0 rings (SSSR count). The van der Waals surface area contributed by atoms with Crippen molar-refractivity contribution in [1.82, 2.24) is 0 Å². The van der Waals surface area contributed by atoms with E-state index in [-0.39, 0.29) is 25.9 Å². The molecule has 0 aliphatic heterocycles. The van der Waals surface area contributed by atoms with Crippen LogP contribution in [0.25, 0.3) is 0 Å². The molecule has 0 spiro atoms. The van der Waals surface area contributed by atoms with Gasteiger partial charge in [-0.2, -0.15) is 0 Å². The maximum atomic E-state index is 12.9. The standard InChI is InChI=1S/C60H109O11P/c1-4-7-10-13-16-19-22-24-26-27-28-29-31-33-36-39-42-45-48-51-60(64)71-57(53-67-58(62)49-46-43-40-37-34-21-18-15-12-9-6-3)55-69-72(65,66)68-54-56(52-61)70-59(63)50-47-44-41-38-35-32-30-25-23-20-17-14-11-8-5-2/h15-16,18-19,24-26,30,56-57,61H,4-14,17,20-23,27-29,31-55H2,1-3H3,(H,65,66)/b18-15-,19-16-,26-24-,30-25-. The summed E-state index contributed by atoms with van der Waals surface area (Å²) in [5.74, 6) is -1.48. The van der Waals surface area contributed by atoms with E-state index in [1.54, 1.807) is 0 Å². The summed E-state index contributed by atoms with van der Waals surface area (Å²) in [4.78, 5) is 48.5. The zero-order valence-electron chi connectivity index (χ0n) is 46.4. The van der Waals surface area contributed by atoms with Gasteiger partial charge in [0.05, 0.1) is 19.8 Å². The molecular weight excluding hydrogens is 928 g/mol. The Hall–Kier alpha value is -2.56. The lowest BCUT2D eigenvalue weighted by atomic mass is 10.1. The maximum Gasteiger partial charge on any atom is 0.472 e. The summed E-state index contributed by atoms with van der Waals surface area (Å²) >= 11 is 0. The summed E-state index contributed by atoms with van der Waals surface area (Å²) in [6.45, 7) is 4.58. The Morgan fingerprint density at radius 2 is 0.694 bits per heavy atom. The van der Waals surface area contributed by atoms with E-state index in [1.807, 2.05) is 0 Å². The first-order chi connectivity index (χ1) is 35.2. The summed E-state index contributed by atoms with van der Waals surface area (Å²) in [6.07, 6.45) is 57.8. The van der Waals surface area contributed by atoms with Gasteiger partial charge in [0.25, 0.3) is 0 Å². The molecule has 0 aliphatic rings. The number of hydrogen-bond acceptors (Lipinski definition) is 10. The van der Waals surface area contributed by atoms with E-state index in [1.165, 1.54) is 109 Å². The second kappa shape index (κ2) is 54.7. The average Bonchev–Trinajstić information content (AvgIpc) is 3.37. The number of allylic oxidation sites excluding steroid dienone is 8. The Labute approximate surface area is 441 Å². The van der Waals surface area contributed by atoms with Gasteiger partial charge in [-0.1, -0.05) is 211 Å². The molecule has 0 saturated heterocycles. The molecule has 0 aromatic rings. The Morgan fingerprint density at radius 1 is 0.389 bits per heavy atom. The van der Waals surface area contributed by atoms with Crippen LogP contribution < -0.4 is 0 Å². The second-order valence-corrected chi connectivity index (χ2v) is 21.3. The molecule has 0 aromatic heterocycles. The van der Waals surface area contributed by atoms with Gasteiger partial charge in [-0.15, -0.1) is 0 Å². The fourth-order valence-corrected chi connectivity index (χ4v) is 8.91. The predicted molar refractivity (Wildman–Crippen MR) is 298 cm³/mol. The van der Waals surface area contributed by atoms with Crippen molar-refractivity contribution in [3.8, 4) is 0 Å². The largest absolute Gasteiger partial charge is 0.472 e. The number of esters is 3. The molecule has 12 heteroatoms. The number of carbonyl (C=O) groups excluding carboxylic acids is 3. The minimum atomic E-state index is -4.75. The van der Waals surface area contributed by atoms with Crippen molar-refractivity contribution in [2.75, 3.05) is 26.4 Å². The van der Waals surface area contributed by atoms with Gasteiger partial charge in [0.2, 0.25) is 0 Å². The number of aliphatic hydroxyl groups is 1. The number of unbranched alkanes of at least 4 members (excludes halogenated alkanes) is 30. The summed E-state index contributed by atoms with van der Waals surface area (Å²) in [5.41, 5.74) is 0. The zero-order chi connectivity index (χ0) is 52.7. The highest BCUT2D eigenvalue weighted by Crippen LogP contribution is 2.43. The van der Waals surface area contributed by atoms with Crippen molar-refractivity contribution in [2.24, 2.45) is 0 Å². The first-order valence-electron chi connectivity index (χ1n) is 29.5. The Kier molecular flexibility index (Phi) is 52.7. The van der Waals surface area contributed by atoms with Crippen molar-refractivity contribution in [1.29, 1.82) is 0 Å². The third-order valence-electron chi connectivity index (χ3n) is 12.7. The number of rotatable bonds is 55. The van der Waals surface area contributed by atoms with Crippen molar-refractivity contribution >= 4 is 25.7 Å². The molecule has 3 atom stereocenters. The first kappa shape index (κ1) is 69.4. The van der Waals surface area contributed by atoms with Crippen LogP contribution in [0.4, 0.5) is 0 Å². The number of hydrogen-bond donors (Lipinski definition) is 2. The van der Waals surface area contributed by atoms with Crippen LogP contribution in [0.5, 0.6) is 0 Å². The quantitative estimate of drug-likeness (QED) is 0.0197. The number of ether oxygens (including phenoxy) is 3. The fraction of sp³-hybridized carbons (Fsp3) is 0.817. The van der Waals surface area contributed by atoms with Crippen LogP contribution >= 0.6 is 7.82 Å². The van der Waals surface area contributed by atoms with Crippen molar-refractivity contribution in [3.63, 3.8) is 0 Å². The van der Waals surface area contributed by atoms with Crippen LogP contribution in [0.2, 0.25) is 0 Å². The predicted octanol–water partition coefficient (Wildman–Crippen LogP) is 17.4. The first-order valence-corrected chi connectivity index (χ1v) is 31.0. The Morgan fingerprint density at radius 3 is 1.11 bits per heavy atom. The number of carbonyl (C=O) groups is 3. The molecule has 2 N–H and O–H groups in total. The molecule has 72 heavy (non-hydrogen) atoms. The lowest BCUT2D eigenvalue weighted by molar-refractivity contribution is -0.161. The average molecular weight is 1040 g/mol. The van der Waals surface area contributed by atoms with Crippen molar-refractivity contribution in [3.05, 3.63) is 48.6 Å². The molecule has 0 bridgehead atoms. The lowest BCUT2D eigenvalue weighted by Crippen LogP contribution is -2.30. The van der Waals surface area contributed by atoms with Crippen LogP contribution in [0.15, 0.2) is 48.6 Å². The molecule has 0 heterocycles. The molecule has 0 radical (unpaired) electrons. The normalized spacial score (nSPS) is 13.7. The molecule has 0 aliphatic carbocycles. The van der Waals surface area contributed by atoms with E-state index in [2.05, 4.69) is 69.4 Å². The van der Waals surface area contributed by atoms with E-state index in [0.717, 1.165) is 109 Å². The molecule has 0 fully saturated rings. The monoisotopic (exact) mass is 1040 g/mol. The Balaban J connectivity index is 4.67. The van der Waals surface area contributed by atoms with Gasteiger partial charge in [-0.25, -0.2) is 4.57 Å². The van der Waals surface area contributed by atoms with Crippen LogP contribution in [0, 0.1) is 0 Å². The van der Waals surface area contributed by atoms with Gasteiger partial charge in [0.15, 0.2) is 6.10 Å². The Bertz CT molecular complexity index is 1400. The molecular formula is C60H109O11P. The number of phosphoric acid groups is 1. The summed E-state index contributed by atoms with van der Waals surface area (Å²) < 4.78 is 39.5. The minimum Gasteiger partial charge on any atom is -0.462 e. The molecule has 420 valence electrons. The van der Waals surface area contributed by atoms with E-state index < -0.39 is 57.8 Å². The minimum absolute atomic E-state index is 0.162. The van der Waals surface area contributed by atoms with Gasteiger partial charge in [0, 0.05) is 19.3 Å². The van der Waals surface area contributed by atoms with Crippen LogP contribution in [-0.2, 0) is 42.2 Å². The molecule has 11 nitrogen and oxygen atoms in total. The van der Waals surface area contributed by atoms with Gasteiger partial charge < -0.3 is 24.2 Å². The summed E-state index contributed by atoms with van der Waals surface area (Å²) in [6, 6.07) is 0. The van der Waals surface area contributed by atoms with Crippen LogP contribution in [0.1, 0.15) is 278 Å². The van der Waals surface area contributed by atoms with E-state index >= 15 is 0 Å². The molecule has 0 aromatic carbocycles. The maximum absolute atomic E-state index is 12.9. The summed E-state index contributed by atoms with van der Waals surface area (Å²) in [5, 5.41) is 9.81. The van der Waals surface area contributed by atoms with Crippen LogP contribution in [0.3, 0.4) is 0 Å². The van der Waals surface area contributed by atoms with Crippen molar-refractivity contribution in [2.45, 2.75) is 290 Å². The van der Waals surface area contributed by atoms with Gasteiger partial charge in [-0.3, -0.25) is 23.4 Å². The van der Waals surface area contributed by atoms with Crippen LogP contribution in [-0.4, -0.2) is 66.5 Å². The van der Waals surface area contributed by atoms with Gasteiger partial charge >= 0.3 is 25.7 Å². The van der Waals surface area contributed by atoms with E-state index in [0.29, 0.717) is 19.3 Å². The lowest BCUT2D eigenvalue weighted by Gasteiger charge is -2.21. The fourth-order valence-electron chi connectivity index (χ4n) is 8.13. The number of phosphoric ester groups is 1. The van der Waals surface area contributed by atoms with Crippen molar-refractivity contribution < 1.29 is 52.2 Å². The zero-order valence-corrected chi connectivity index (χ0v) is 47.3. The van der Waals surface area contributed by atoms with E-state index in [9.17, 15) is 28.9 Å². The highest BCUT2D eigenvalue weighted by atomic mass is 31.2. The highest BCUT2D eigenvalue weighted by Gasteiger charge is 2.28. The third kappa shape index (κ3) is 52.3. The SMILES string of the molecule is CCCC/C=C\CCCCCCCC(=O)OCC(COP(=O)(O)OCC(CO)OC(=O)CCCCCCC/C=C\CCCCCCCC)OC(=O)CCCCCCCCCCC/C=C\C/C=C\CCCCC. The summed E-state index contributed by atoms with van der Waals surface area (Å²) in [7, 11) is -4.75. The second-order valence-electron chi connectivity index (χ2n) is 19.8. The highest BCUT2D eigenvalue weighted by molar-refractivity contribution is 7.47. The van der Waals surface area contributed by atoms with Gasteiger partial charge in [-0.05, 0) is 96.3 Å². The molecule has 0 amide bonds. The third-order valence-corrected chi connectivity index (χ3v) is 13.6. The molecule has 3 unspecified atom stereocenters. The smallest absolute Gasteiger partial charge is 0.462 e. The van der Waals surface area contributed by atoms with E-state index in [4.69, 9.17) is 23.3 Å².